The van der Waals surface area contributed by atoms with Gasteiger partial charge in [0, 0.05) is 40.9 Å². The van der Waals surface area contributed by atoms with Gasteiger partial charge < -0.3 is 14.8 Å². The molecule has 3 heterocycles. The maximum absolute atomic E-state index is 13.8. The predicted molar refractivity (Wildman–Crippen MR) is 163 cm³/mol. The van der Waals surface area contributed by atoms with Gasteiger partial charge in [-0.3, -0.25) is 13.7 Å². The number of fused-ring (bicyclic) bond motifs is 1. The summed E-state index contributed by atoms with van der Waals surface area (Å²) in [6.45, 7) is 3.12. The third-order valence-corrected chi connectivity index (χ3v) is 9.07. The molecule has 1 N–H and O–H groups in total. The van der Waals surface area contributed by atoms with Crippen molar-refractivity contribution < 1.29 is 22.7 Å². The summed E-state index contributed by atoms with van der Waals surface area (Å²) in [6.07, 6.45) is 8.56. The fourth-order valence-electron chi connectivity index (χ4n) is 4.67. The lowest BCUT2D eigenvalue weighted by Gasteiger charge is -2.24. The molecule has 5 rings (SSSR count). The molecule has 1 fully saturated rings. The summed E-state index contributed by atoms with van der Waals surface area (Å²) in [4.78, 5) is 21.7. The average molecular weight is 633 g/mol. The van der Waals surface area contributed by atoms with Crippen LogP contribution in [-0.4, -0.2) is 61.3 Å². The Morgan fingerprint density at radius 3 is 2.55 bits per heavy atom. The van der Waals surface area contributed by atoms with Gasteiger partial charge in [-0.1, -0.05) is 36.5 Å². The van der Waals surface area contributed by atoms with Crippen molar-refractivity contribution in [1.29, 1.82) is 0 Å². The monoisotopic (exact) mass is 631 g/mol. The fraction of sp³-hybridized carbons (Fsp3) is 0.345. The Labute approximate surface area is 254 Å². The Morgan fingerprint density at radius 1 is 1.10 bits per heavy atom. The third-order valence-electron chi connectivity index (χ3n) is 6.88. The molecule has 0 bridgehead atoms. The van der Waals surface area contributed by atoms with E-state index in [0.29, 0.717) is 24.1 Å². The van der Waals surface area contributed by atoms with Gasteiger partial charge >= 0.3 is 5.97 Å². The molecule has 1 saturated heterocycles. The number of hydrogen-bond acceptors (Lipinski definition) is 8. The molecule has 2 aromatic carbocycles. The minimum absolute atomic E-state index is 0.135. The summed E-state index contributed by atoms with van der Waals surface area (Å²) in [5, 5.41) is 4.46. The van der Waals surface area contributed by atoms with Gasteiger partial charge in [-0.05, 0) is 61.7 Å². The maximum Gasteiger partial charge on any atom is 0.326 e. The second-order valence-electron chi connectivity index (χ2n) is 9.91. The van der Waals surface area contributed by atoms with Crippen molar-refractivity contribution in [2.45, 2.75) is 43.5 Å². The van der Waals surface area contributed by atoms with Crippen LogP contribution in [0.5, 0.6) is 0 Å². The zero-order valence-corrected chi connectivity index (χ0v) is 25.3. The second kappa shape index (κ2) is 13.3. The summed E-state index contributed by atoms with van der Waals surface area (Å²) in [5.74, 6) is 0.632. The molecule has 1 aliphatic rings. The average Bonchev–Trinajstić information content (AvgIpc) is 3.40. The van der Waals surface area contributed by atoms with E-state index in [-0.39, 0.29) is 27.2 Å². The van der Waals surface area contributed by atoms with E-state index in [1.807, 2.05) is 23.8 Å². The summed E-state index contributed by atoms with van der Waals surface area (Å²) in [5.41, 5.74) is 1.07. The number of aromatic nitrogens is 3. The van der Waals surface area contributed by atoms with Crippen molar-refractivity contribution in [2.75, 3.05) is 36.0 Å². The van der Waals surface area contributed by atoms with Crippen LogP contribution in [0.2, 0.25) is 10.0 Å². The van der Waals surface area contributed by atoms with Crippen LogP contribution in [0, 0.1) is 0 Å². The van der Waals surface area contributed by atoms with Gasteiger partial charge in [-0.25, -0.2) is 18.4 Å². The molecule has 4 aromatic rings. The standard InChI is InChI=1S/C29H31Cl2N5O5S/c1-2-3-10-41-29(37)19-36(42(38,39)25-15-21(30)14-22(31)16-25)24-4-5-26-20(13-24)6-9-35(26)28-18-32-27(17-33-28)34-23-7-11-40-12-8-23/h4-6,9,13-18,23H,2-3,7-8,10-12,19H2,1H3,(H,32,34). The van der Waals surface area contributed by atoms with Gasteiger partial charge in [0.05, 0.1) is 35.1 Å². The Hall–Kier alpha value is -3.38. The normalized spacial score (nSPS) is 14.2. The summed E-state index contributed by atoms with van der Waals surface area (Å²) >= 11 is 12.2. The Bertz CT molecular complexity index is 1640. The first kappa shape index (κ1) is 30.1. The Balaban J connectivity index is 1.44. The molecule has 0 radical (unpaired) electrons. The number of nitrogens with one attached hydrogen (secondary N) is 1. The number of esters is 1. The molecule has 0 saturated carbocycles. The van der Waals surface area contributed by atoms with E-state index in [4.69, 9.17) is 32.7 Å². The SMILES string of the molecule is CCCCOC(=O)CN(c1ccc2c(ccn2-c2cnc(NC3CCOCC3)cn2)c1)S(=O)(=O)c1cc(Cl)cc(Cl)c1. The summed E-state index contributed by atoms with van der Waals surface area (Å²) < 4.78 is 41.2. The van der Waals surface area contributed by atoms with E-state index < -0.39 is 22.5 Å². The number of unbranched alkanes of at least 4 members (excludes halogenated alkanes) is 1. The van der Waals surface area contributed by atoms with E-state index in [0.717, 1.165) is 47.7 Å². The molecule has 0 aliphatic carbocycles. The molecule has 2 aromatic heterocycles. The number of carbonyl (C=O) groups is 1. The van der Waals surface area contributed by atoms with Crippen molar-refractivity contribution in [3.8, 4) is 5.82 Å². The summed E-state index contributed by atoms with van der Waals surface area (Å²) in [6, 6.07) is 11.3. The number of hydrogen-bond donors (Lipinski definition) is 1. The van der Waals surface area contributed by atoms with Gasteiger partial charge in [-0.2, -0.15) is 0 Å². The maximum atomic E-state index is 13.8. The number of ether oxygens (including phenoxy) is 2. The molecule has 0 atom stereocenters. The quantitative estimate of drug-likeness (QED) is 0.162. The van der Waals surface area contributed by atoms with Crippen LogP contribution in [-0.2, 0) is 24.3 Å². The van der Waals surface area contributed by atoms with Gasteiger partial charge in [0.25, 0.3) is 10.0 Å². The predicted octanol–water partition coefficient (Wildman–Crippen LogP) is 5.86. The number of sulfonamides is 1. The smallest absolute Gasteiger partial charge is 0.326 e. The molecule has 0 spiro atoms. The molecule has 13 heteroatoms. The number of rotatable bonds is 11. The van der Waals surface area contributed by atoms with Crippen LogP contribution in [0.15, 0.2) is 66.0 Å². The van der Waals surface area contributed by atoms with E-state index in [1.165, 1.54) is 18.2 Å². The molecule has 10 nitrogen and oxygen atoms in total. The Kier molecular flexibility index (Phi) is 9.52. The molecular formula is C29H31Cl2N5O5S. The van der Waals surface area contributed by atoms with E-state index in [1.54, 1.807) is 30.6 Å². The molecule has 1 aliphatic heterocycles. The first-order valence-electron chi connectivity index (χ1n) is 13.7. The zero-order valence-electron chi connectivity index (χ0n) is 23.0. The Morgan fingerprint density at radius 2 is 1.86 bits per heavy atom. The van der Waals surface area contributed by atoms with Gasteiger partial charge in [0.1, 0.15) is 12.4 Å². The van der Waals surface area contributed by atoms with E-state index in [2.05, 4.69) is 15.3 Å². The first-order chi connectivity index (χ1) is 20.2. The van der Waals surface area contributed by atoms with Crippen LogP contribution in [0.3, 0.4) is 0 Å². The molecule has 42 heavy (non-hydrogen) atoms. The number of halogens is 2. The highest BCUT2D eigenvalue weighted by atomic mass is 35.5. The molecular weight excluding hydrogens is 601 g/mol. The highest BCUT2D eigenvalue weighted by molar-refractivity contribution is 7.92. The van der Waals surface area contributed by atoms with E-state index >= 15 is 0 Å². The fourth-order valence-corrected chi connectivity index (χ4v) is 6.80. The minimum Gasteiger partial charge on any atom is -0.464 e. The van der Waals surface area contributed by atoms with Crippen molar-refractivity contribution in [2.24, 2.45) is 0 Å². The lowest BCUT2D eigenvalue weighted by Crippen LogP contribution is -2.36. The topological polar surface area (TPSA) is 116 Å². The van der Waals surface area contributed by atoms with Crippen molar-refractivity contribution in [3.05, 3.63) is 71.1 Å². The van der Waals surface area contributed by atoms with Crippen LogP contribution in [0.1, 0.15) is 32.6 Å². The lowest BCUT2D eigenvalue weighted by atomic mass is 10.1. The number of anilines is 2. The van der Waals surface area contributed by atoms with Crippen LogP contribution < -0.4 is 9.62 Å². The van der Waals surface area contributed by atoms with E-state index in [9.17, 15) is 13.2 Å². The van der Waals surface area contributed by atoms with Gasteiger partial charge in [0.15, 0.2) is 5.82 Å². The van der Waals surface area contributed by atoms with Crippen molar-refractivity contribution in [1.82, 2.24) is 14.5 Å². The minimum atomic E-state index is -4.24. The van der Waals surface area contributed by atoms with Crippen LogP contribution >= 0.6 is 23.2 Å². The number of benzene rings is 2. The second-order valence-corrected chi connectivity index (χ2v) is 12.6. The first-order valence-corrected chi connectivity index (χ1v) is 15.9. The molecule has 0 unspecified atom stereocenters. The summed E-state index contributed by atoms with van der Waals surface area (Å²) in [7, 11) is -4.24. The third kappa shape index (κ3) is 6.97. The molecule has 0 amide bonds. The number of nitrogens with zero attached hydrogens (tertiary/aromatic N) is 4. The van der Waals surface area contributed by atoms with Crippen LogP contribution in [0.4, 0.5) is 11.5 Å². The van der Waals surface area contributed by atoms with Crippen LogP contribution in [0.25, 0.3) is 16.7 Å². The molecule has 222 valence electrons. The van der Waals surface area contributed by atoms with Gasteiger partial charge in [-0.15, -0.1) is 0 Å². The van der Waals surface area contributed by atoms with Crippen molar-refractivity contribution in [3.63, 3.8) is 0 Å². The highest BCUT2D eigenvalue weighted by Crippen LogP contribution is 2.31. The van der Waals surface area contributed by atoms with Gasteiger partial charge in [0.2, 0.25) is 0 Å². The highest BCUT2D eigenvalue weighted by Gasteiger charge is 2.29. The largest absolute Gasteiger partial charge is 0.464 e. The lowest BCUT2D eigenvalue weighted by molar-refractivity contribution is -0.141. The number of carbonyl (C=O) groups excluding carboxylic acids is 1. The zero-order chi connectivity index (χ0) is 29.7. The van der Waals surface area contributed by atoms with Crippen molar-refractivity contribution >= 4 is 61.6 Å².